The van der Waals surface area contributed by atoms with Crippen LogP contribution in [-0.2, 0) is 19.0 Å². The van der Waals surface area contributed by atoms with Crippen molar-refractivity contribution >= 4 is 35.5 Å². The van der Waals surface area contributed by atoms with Crippen LogP contribution in [0.2, 0.25) is 0 Å². The summed E-state index contributed by atoms with van der Waals surface area (Å²) in [6.07, 6.45) is 3.72. The average Bonchev–Trinajstić information content (AvgIpc) is 3.31. The van der Waals surface area contributed by atoms with Gasteiger partial charge in [0.1, 0.15) is 27.1 Å². The number of aromatic amines is 1. The number of benzene rings is 2. The average molecular weight is 646 g/mol. The van der Waals surface area contributed by atoms with Gasteiger partial charge < -0.3 is 24.7 Å². The Kier molecular flexibility index (Phi) is 8.33. The summed E-state index contributed by atoms with van der Waals surface area (Å²) in [4.78, 5) is 49.8. The minimum Gasteiger partial charge on any atom is -0.444 e. The first kappa shape index (κ1) is 32.0. The second kappa shape index (κ2) is 12.0. The summed E-state index contributed by atoms with van der Waals surface area (Å²) in [6, 6.07) is 16.1. The molecule has 3 atom stereocenters. The van der Waals surface area contributed by atoms with Crippen molar-refractivity contribution < 1.29 is 23.9 Å². The molecular weight excluding hydrogens is 602 g/mol. The largest absolute Gasteiger partial charge is 0.444 e. The maximum atomic E-state index is 12.9. The molecule has 46 heavy (non-hydrogen) atoms. The minimum absolute atomic E-state index is 0.0373. The molecule has 2 aromatic carbocycles. The van der Waals surface area contributed by atoms with E-state index in [-0.39, 0.29) is 34.1 Å². The number of hydrogen-bond acceptors (Lipinski definition) is 7. The van der Waals surface area contributed by atoms with Crippen LogP contribution in [0.3, 0.4) is 0 Å². The number of rotatable bonds is 5. The van der Waals surface area contributed by atoms with Gasteiger partial charge >= 0.3 is 12.2 Å². The normalized spacial score (nSPS) is 22.7. The Bertz CT molecular complexity index is 1610. The molecule has 3 aromatic rings. The first-order chi connectivity index (χ1) is 21.7. The van der Waals surface area contributed by atoms with E-state index in [9.17, 15) is 14.4 Å². The Morgan fingerprint density at radius 1 is 0.891 bits per heavy atom. The predicted molar refractivity (Wildman–Crippen MR) is 179 cm³/mol. The van der Waals surface area contributed by atoms with Crippen LogP contribution in [-0.4, -0.2) is 74.1 Å². The van der Waals surface area contributed by atoms with Crippen molar-refractivity contribution in [3.05, 3.63) is 60.6 Å². The molecule has 3 unspecified atom stereocenters. The molecule has 11 heteroatoms. The molecule has 0 spiro atoms. The highest BCUT2D eigenvalue weighted by atomic mass is 32.2. The van der Waals surface area contributed by atoms with E-state index in [1.807, 2.05) is 76.9 Å². The molecular formula is C35H43N5O5S. The molecule has 1 aromatic heterocycles. The van der Waals surface area contributed by atoms with E-state index in [0.29, 0.717) is 26.1 Å². The van der Waals surface area contributed by atoms with Gasteiger partial charge in [0.15, 0.2) is 0 Å². The third-order valence-electron chi connectivity index (χ3n) is 8.39. The van der Waals surface area contributed by atoms with Crippen LogP contribution in [0.5, 0.6) is 0 Å². The van der Waals surface area contributed by atoms with E-state index < -0.39 is 11.2 Å². The van der Waals surface area contributed by atoms with Gasteiger partial charge in [-0.1, -0.05) is 36.4 Å². The molecule has 3 amide bonds. The zero-order valence-corrected chi connectivity index (χ0v) is 28.2. The third-order valence-corrected chi connectivity index (χ3v) is 10.1. The molecule has 3 saturated heterocycles. The summed E-state index contributed by atoms with van der Waals surface area (Å²) in [7, 11) is 0. The van der Waals surface area contributed by atoms with E-state index in [4.69, 9.17) is 14.5 Å². The summed E-state index contributed by atoms with van der Waals surface area (Å²) in [5.41, 5.74) is 3.69. The van der Waals surface area contributed by atoms with Crippen molar-refractivity contribution in [3.8, 4) is 22.4 Å². The van der Waals surface area contributed by atoms with Crippen molar-refractivity contribution in [2.75, 3.05) is 25.0 Å². The Balaban J connectivity index is 1.05. The number of imidazole rings is 1. The SMILES string of the molecule is CC(C)(C)OC(=O)N1CCC(C(=O)Nc2ccc(-c3ccc(-c4cnc(C56CCCN(C(=O)OC(C)(C)C)C5S6)[nH]4)cc3)cc2)C1. The Hall–Kier alpha value is -3.99. The fourth-order valence-corrected chi connectivity index (χ4v) is 7.56. The summed E-state index contributed by atoms with van der Waals surface area (Å²) in [5, 5.41) is 3.03. The smallest absolute Gasteiger partial charge is 0.411 e. The molecule has 4 heterocycles. The van der Waals surface area contributed by atoms with Crippen LogP contribution in [0, 0.1) is 5.92 Å². The van der Waals surface area contributed by atoms with E-state index in [2.05, 4.69) is 34.6 Å². The van der Waals surface area contributed by atoms with E-state index >= 15 is 0 Å². The fraction of sp³-hybridized carbons (Fsp3) is 0.486. The maximum Gasteiger partial charge on any atom is 0.411 e. The van der Waals surface area contributed by atoms with Gasteiger partial charge in [0.05, 0.1) is 17.8 Å². The highest BCUT2D eigenvalue weighted by Crippen LogP contribution is 2.66. The lowest BCUT2D eigenvalue weighted by molar-refractivity contribution is -0.119. The molecule has 0 bridgehead atoms. The summed E-state index contributed by atoms with van der Waals surface area (Å²) < 4.78 is 10.9. The van der Waals surface area contributed by atoms with Gasteiger partial charge in [-0.25, -0.2) is 14.6 Å². The van der Waals surface area contributed by atoms with Crippen molar-refractivity contribution in [1.29, 1.82) is 0 Å². The number of piperidine rings is 1. The van der Waals surface area contributed by atoms with Crippen molar-refractivity contribution in [1.82, 2.24) is 19.8 Å². The number of H-pyrrole nitrogens is 1. The lowest BCUT2D eigenvalue weighted by atomic mass is 9.97. The van der Waals surface area contributed by atoms with Gasteiger partial charge in [0.2, 0.25) is 5.91 Å². The number of anilines is 1. The molecule has 3 aliphatic heterocycles. The van der Waals surface area contributed by atoms with E-state index in [1.165, 1.54) is 0 Å². The fourth-order valence-electron chi connectivity index (χ4n) is 6.07. The molecule has 3 aliphatic rings. The van der Waals surface area contributed by atoms with E-state index in [0.717, 1.165) is 46.7 Å². The first-order valence-electron chi connectivity index (χ1n) is 15.9. The Morgan fingerprint density at radius 3 is 2.15 bits per heavy atom. The van der Waals surface area contributed by atoms with Crippen LogP contribution in [0.15, 0.2) is 54.7 Å². The molecule has 10 nitrogen and oxygen atoms in total. The lowest BCUT2D eigenvalue weighted by Gasteiger charge is -2.31. The van der Waals surface area contributed by atoms with Crippen molar-refractivity contribution in [2.24, 2.45) is 5.92 Å². The molecule has 244 valence electrons. The molecule has 2 N–H and O–H groups in total. The first-order valence-corrected chi connectivity index (χ1v) is 16.8. The number of carbonyl (C=O) groups is 3. The third kappa shape index (κ3) is 6.89. The maximum absolute atomic E-state index is 12.9. The molecule has 3 fully saturated rings. The quantitative estimate of drug-likeness (QED) is 0.281. The summed E-state index contributed by atoms with van der Waals surface area (Å²) in [5.74, 6) is 0.541. The topological polar surface area (TPSA) is 117 Å². The van der Waals surface area contributed by atoms with Gasteiger partial charge in [-0.05, 0) is 89.6 Å². The summed E-state index contributed by atoms with van der Waals surface area (Å²) >= 11 is 1.77. The lowest BCUT2D eigenvalue weighted by Crippen LogP contribution is -2.44. The van der Waals surface area contributed by atoms with Crippen LogP contribution < -0.4 is 5.32 Å². The van der Waals surface area contributed by atoms with Crippen LogP contribution in [0.1, 0.15) is 66.6 Å². The van der Waals surface area contributed by atoms with Crippen LogP contribution >= 0.6 is 11.8 Å². The zero-order valence-electron chi connectivity index (χ0n) is 27.4. The number of nitrogens with one attached hydrogen (secondary N) is 2. The summed E-state index contributed by atoms with van der Waals surface area (Å²) in [6.45, 7) is 12.7. The number of ether oxygens (including phenoxy) is 2. The number of hydrogen-bond donors (Lipinski definition) is 2. The molecule has 6 rings (SSSR count). The van der Waals surface area contributed by atoms with Crippen molar-refractivity contribution in [2.45, 2.75) is 82.1 Å². The van der Waals surface area contributed by atoms with E-state index in [1.54, 1.807) is 16.7 Å². The number of thioether (sulfide) groups is 1. The molecule has 0 radical (unpaired) electrons. The number of nitrogens with zero attached hydrogens (tertiary/aromatic N) is 3. The van der Waals surface area contributed by atoms with Crippen molar-refractivity contribution in [3.63, 3.8) is 0 Å². The monoisotopic (exact) mass is 645 g/mol. The number of fused-ring (bicyclic) bond motifs is 1. The second-order valence-corrected chi connectivity index (χ2v) is 15.7. The number of carbonyl (C=O) groups excluding carboxylic acids is 3. The van der Waals surface area contributed by atoms with Crippen LogP contribution in [0.4, 0.5) is 15.3 Å². The number of aromatic nitrogens is 2. The number of likely N-dealkylation sites (tertiary alicyclic amines) is 2. The van der Waals surface area contributed by atoms with Gasteiger partial charge in [-0.2, -0.15) is 0 Å². The minimum atomic E-state index is -0.565. The predicted octanol–water partition coefficient (Wildman–Crippen LogP) is 7.24. The van der Waals surface area contributed by atoms with Gasteiger partial charge in [-0.3, -0.25) is 9.69 Å². The zero-order chi connectivity index (χ0) is 32.9. The Morgan fingerprint density at radius 2 is 1.50 bits per heavy atom. The highest BCUT2D eigenvalue weighted by molar-refractivity contribution is 8.08. The standard InChI is InChI=1S/C35H43N5O5S/c1-33(2,3)44-31(42)39-19-16-25(21-39)28(41)37-26-14-12-23(13-15-26)22-8-10-24(11-9-22)27-20-36-29(38-27)35-17-7-18-40(30(35)46-35)32(43)45-34(4,5)6/h8-15,20,25,30H,7,16-19,21H2,1-6H3,(H,36,38)(H,37,41). The van der Waals surface area contributed by atoms with Gasteiger partial charge in [-0.15, -0.1) is 11.8 Å². The Labute approximate surface area is 274 Å². The molecule has 0 saturated carbocycles. The number of amides is 3. The van der Waals surface area contributed by atoms with Crippen LogP contribution in [0.25, 0.3) is 22.4 Å². The second-order valence-electron chi connectivity index (χ2n) is 14.3. The van der Waals surface area contributed by atoms with Gasteiger partial charge in [0.25, 0.3) is 0 Å². The molecule has 0 aliphatic carbocycles. The highest BCUT2D eigenvalue weighted by Gasteiger charge is 2.64. The van der Waals surface area contributed by atoms with Gasteiger partial charge in [0, 0.05) is 25.3 Å².